The summed E-state index contributed by atoms with van der Waals surface area (Å²) in [4.78, 5) is 14.2. The van der Waals surface area contributed by atoms with Crippen molar-refractivity contribution >= 4 is 11.7 Å². The topological polar surface area (TPSA) is 58.1 Å². The summed E-state index contributed by atoms with van der Waals surface area (Å²) in [6, 6.07) is 3.50. The Labute approximate surface area is 114 Å². The smallest absolute Gasteiger partial charge is 0.274 e. The first-order chi connectivity index (χ1) is 8.91. The van der Waals surface area contributed by atoms with E-state index in [1.807, 2.05) is 4.90 Å². The first-order valence-electron chi connectivity index (χ1n) is 6.72. The lowest BCUT2D eigenvalue weighted by Gasteiger charge is -2.26. The number of likely N-dealkylation sites (tertiary alicyclic amines) is 1. The van der Waals surface area contributed by atoms with E-state index >= 15 is 0 Å². The standard InChI is InChI=1S/C14H22N4O/c1-14(2,3)10-7-8-18(9-10)13(19)11-5-6-12(15-4)17-16-11/h5-6,10H,7-9H2,1-4H3,(H,15,17). The van der Waals surface area contributed by atoms with E-state index in [0.29, 0.717) is 17.4 Å². The fourth-order valence-electron chi connectivity index (χ4n) is 2.39. The second-order valence-electron chi connectivity index (χ2n) is 6.16. The SMILES string of the molecule is CNc1ccc(C(=O)N2CCC(C(C)(C)C)C2)nn1. The first-order valence-corrected chi connectivity index (χ1v) is 6.72. The average molecular weight is 262 g/mol. The van der Waals surface area contributed by atoms with Crippen molar-refractivity contribution in [3.8, 4) is 0 Å². The maximum Gasteiger partial charge on any atom is 0.274 e. The van der Waals surface area contributed by atoms with Crippen molar-refractivity contribution < 1.29 is 4.79 Å². The van der Waals surface area contributed by atoms with Crippen molar-refractivity contribution in [2.45, 2.75) is 27.2 Å². The maximum absolute atomic E-state index is 12.3. The summed E-state index contributed by atoms with van der Waals surface area (Å²) in [6.07, 6.45) is 1.07. The Morgan fingerprint density at radius 1 is 1.37 bits per heavy atom. The molecule has 0 bridgehead atoms. The molecule has 5 heteroatoms. The minimum Gasteiger partial charge on any atom is -0.372 e. The van der Waals surface area contributed by atoms with Gasteiger partial charge in [-0.3, -0.25) is 4.79 Å². The van der Waals surface area contributed by atoms with Crippen LogP contribution in [-0.2, 0) is 0 Å². The van der Waals surface area contributed by atoms with Crippen LogP contribution in [0.1, 0.15) is 37.7 Å². The molecule has 2 heterocycles. The molecule has 1 fully saturated rings. The summed E-state index contributed by atoms with van der Waals surface area (Å²) in [6.45, 7) is 8.32. The lowest BCUT2D eigenvalue weighted by Crippen LogP contribution is -2.31. The highest BCUT2D eigenvalue weighted by Crippen LogP contribution is 2.33. The predicted molar refractivity (Wildman–Crippen MR) is 75.0 cm³/mol. The first kappa shape index (κ1) is 13.8. The molecule has 5 nitrogen and oxygen atoms in total. The molecule has 0 spiro atoms. The minimum absolute atomic E-state index is 0.0121. The normalized spacial score (nSPS) is 19.6. The maximum atomic E-state index is 12.3. The molecule has 0 aliphatic carbocycles. The summed E-state index contributed by atoms with van der Waals surface area (Å²) in [5, 5.41) is 10.8. The molecule has 1 aliphatic heterocycles. The molecule has 104 valence electrons. The summed E-state index contributed by atoms with van der Waals surface area (Å²) in [5.41, 5.74) is 0.671. The number of carbonyl (C=O) groups excluding carboxylic acids is 1. The van der Waals surface area contributed by atoms with Gasteiger partial charge in [0.1, 0.15) is 5.82 Å². The van der Waals surface area contributed by atoms with Crippen molar-refractivity contribution in [1.82, 2.24) is 15.1 Å². The second-order valence-corrected chi connectivity index (χ2v) is 6.16. The van der Waals surface area contributed by atoms with E-state index in [0.717, 1.165) is 19.5 Å². The Bertz CT molecular complexity index is 450. The molecular formula is C14H22N4O. The Balaban J connectivity index is 2.04. The van der Waals surface area contributed by atoms with Gasteiger partial charge in [0.25, 0.3) is 5.91 Å². The largest absolute Gasteiger partial charge is 0.372 e. The summed E-state index contributed by atoms with van der Waals surface area (Å²) >= 11 is 0. The third-order valence-corrected chi connectivity index (χ3v) is 3.84. The van der Waals surface area contributed by atoms with Crippen molar-refractivity contribution in [1.29, 1.82) is 0 Å². The zero-order valence-corrected chi connectivity index (χ0v) is 12.1. The number of anilines is 1. The zero-order chi connectivity index (χ0) is 14.0. The van der Waals surface area contributed by atoms with Gasteiger partial charge in [-0.05, 0) is 29.9 Å². The van der Waals surface area contributed by atoms with Crippen LogP contribution in [0, 0.1) is 11.3 Å². The Morgan fingerprint density at radius 3 is 2.58 bits per heavy atom. The highest BCUT2D eigenvalue weighted by atomic mass is 16.2. The van der Waals surface area contributed by atoms with Crippen LogP contribution in [0.3, 0.4) is 0 Å². The quantitative estimate of drug-likeness (QED) is 0.886. The number of amides is 1. The van der Waals surface area contributed by atoms with E-state index in [1.54, 1.807) is 19.2 Å². The molecule has 1 saturated heterocycles. The number of hydrogen-bond donors (Lipinski definition) is 1. The van der Waals surface area contributed by atoms with E-state index in [2.05, 4.69) is 36.3 Å². The average Bonchev–Trinajstić information content (AvgIpc) is 2.87. The summed E-state index contributed by atoms with van der Waals surface area (Å²) in [7, 11) is 1.78. The van der Waals surface area contributed by atoms with Crippen LogP contribution < -0.4 is 5.32 Å². The number of carbonyl (C=O) groups is 1. The number of nitrogens with zero attached hydrogens (tertiary/aromatic N) is 3. The third-order valence-electron chi connectivity index (χ3n) is 3.84. The highest BCUT2D eigenvalue weighted by molar-refractivity contribution is 5.92. The van der Waals surface area contributed by atoms with E-state index < -0.39 is 0 Å². The number of aromatic nitrogens is 2. The van der Waals surface area contributed by atoms with Gasteiger partial charge in [-0.1, -0.05) is 20.8 Å². The van der Waals surface area contributed by atoms with Gasteiger partial charge >= 0.3 is 0 Å². The van der Waals surface area contributed by atoms with Crippen LogP contribution in [0.4, 0.5) is 5.82 Å². The molecule has 19 heavy (non-hydrogen) atoms. The predicted octanol–water partition coefficient (Wildman–Crippen LogP) is 2.03. The lowest BCUT2D eigenvalue weighted by molar-refractivity contribution is 0.0769. The molecule has 0 aromatic carbocycles. The van der Waals surface area contributed by atoms with Crippen LogP contribution in [0.5, 0.6) is 0 Å². The van der Waals surface area contributed by atoms with Gasteiger partial charge < -0.3 is 10.2 Å². The van der Waals surface area contributed by atoms with E-state index in [1.165, 1.54) is 0 Å². The lowest BCUT2D eigenvalue weighted by atomic mass is 9.80. The van der Waals surface area contributed by atoms with Crippen molar-refractivity contribution in [2.24, 2.45) is 11.3 Å². The number of nitrogens with one attached hydrogen (secondary N) is 1. The summed E-state index contributed by atoms with van der Waals surface area (Å²) < 4.78 is 0. The molecule has 1 amide bonds. The zero-order valence-electron chi connectivity index (χ0n) is 12.1. The highest BCUT2D eigenvalue weighted by Gasteiger charge is 2.34. The molecule has 1 aromatic rings. The molecule has 1 atom stereocenters. The van der Waals surface area contributed by atoms with Gasteiger partial charge in [-0.15, -0.1) is 10.2 Å². The molecular weight excluding hydrogens is 240 g/mol. The van der Waals surface area contributed by atoms with Crippen molar-refractivity contribution in [3.05, 3.63) is 17.8 Å². The molecule has 0 radical (unpaired) electrons. The van der Waals surface area contributed by atoms with Crippen molar-refractivity contribution in [2.75, 3.05) is 25.5 Å². The Hall–Kier alpha value is -1.65. The summed E-state index contributed by atoms with van der Waals surface area (Å²) in [5.74, 6) is 1.22. The van der Waals surface area contributed by atoms with Gasteiger partial charge in [-0.2, -0.15) is 0 Å². The van der Waals surface area contributed by atoms with Gasteiger partial charge in [-0.25, -0.2) is 0 Å². The number of rotatable bonds is 2. The van der Waals surface area contributed by atoms with Crippen LogP contribution in [-0.4, -0.2) is 41.1 Å². The van der Waals surface area contributed by atoms with Crippen LogP contribution in [0.15, 0.2) is 12.1 Å². The molecule has 1 unspecified atom stereocenters. The molecule has 0 saturated carbocycles. The minimum atomic E-state index is -0.0121. The fourth-order valence-corrected chi connectivity index (χ4v) is 2.39. The van der Waals surface area contributed by atoms with Gasteiger partial charge in [0.2, 0.25) is 0 Å². The Kier molecular flexibility index (Phi) is 3.73. The number of hydrogen-bond acceptors (Lipinski definition) is 4. The Morgan fingerprint density at radius 2 is 2.11 bits per heavy atom. The van der Waals surface area contributed by atoms with Crippen LogP contribution in [0.25, 0.3) is 0 Å². The van der Waals surface area contributed by atoms with E-state index in [-0.39, 0.29) is 11.3 Å². The van der Waals surface area contributed by atoms with Crippen LogP contribution >= 0.6 is 0 Å². The fraction of sp³-hybridized carbons (Fsp3) is 0.643. The monoisotopic (exact) mass is 262 g/mol. The molecule has 2 rings (SSSR count). The van der Waals surface area contributed by atoms with Crippen molar-refractivity contribution in [3.63, 3.8) is 0 Å². The van der Waals surface area contributed by atoms with E-state index in [9.17, 15) is 4.79 Å². The molecule has 1 aliphatic rings. The molecule has 1 N–H and O–H groups in total. The van der Waals surface area contributed by atoms with Gasteiger partial charge in [0.05, 0.1) is 0 Å². The van der Waals surface area contributed by atoms with Crippen LogP contribution in [0.2, 0.25) is 0 Å². The molecule has 1 aromatic heterocycles. The second kappa shape index (κ2) is 5.15. The van der Waals surface area contributed by atoms with E-state index in [4.69, 9.17) is 0 Å². The van der Waals surface area contributed by atoms with Gasteiger partial charge in [0.15, 0.2) is 5.69 Å². The third kappa shape index (κ3) is 3.03. The van der Waals surface area contributed by atoms with Gasteiger partial charge in [0, 0.05) is 20.1 Å².